The summed E-state index contributed by atoms with van der Waals surface area (Å²) in [7, 11) is 0. The summed E-state index contributed by atoms with van der Waals surface area (Å²) in [5.41, 5.74) is 8.52. The minimum Gasteiger partial charge on any atom is -0.342 e. The normalized spacial score (nSPS) is 11.5. The lowest BCUT2D eigenvalue weighted by atomic mass is 9.93. The van der Waals surface area contributed by atoms with E-state index in [4.69, 9.17) is 0 Å². The molecule has 0 amide bonds. The third kappa shape index (κ3) is 3.88. The van der Waals surface area contributed by atoms with E-state index in [-0.39, 0.29) is 0 Å². The summed E-state index contributed by atoms with van der Waals surface area (Å²) in [4.78, 5) is 2.37. The van der Waals surface area contributed by atoms with Gasteiger partial charge in [0.2, 0.25) is 0 Å². The van der Waals surface area contributed by atoms with Crippen LogP contribution in [-0.2, 0) is 0 Å². The highest BCUT2D eigenvalue weighted by Gasteiger charge is 2.14. The van der Waals surface area contributed by atoms with Crippen molar-refractivity contribution in [2.24, 2.45) is 0 Å². The number of para-hydroxylation sites is 2. The van der Waals surface area contributed by atoms with Crippen molar-refractivity contribution in [3.63, 3.8) is 0 Å². The van der Waals surface area contributed by atoms with Gasteiger partial charge in [-0.15, -0.1) is 0 Å². The first-order valence-electron chi connectivity index (χ1n) is 14.7. The maximum absolute atomic E-state index is 2.37. The van der Waals surface area contributed by atoms with Gasteiger partial charge in [-0.25, -0.2) is 0 Å². The van der Waals surface area contributed by atoms with E-state index in [1.54, 1.807) is 0 Å². The Morgan fingerprint density at radius 1 is 0.476 bits per heavy atom. The first-order chi connectivity index (χ1) is 20.8. The summed E-state index contributed by atoms with van der Waals surface area (Å²) in [6.07, 6.45) is 0. The molecule has 0 unspecified atom stereocenters. The van der Waals surface area contributed by atoms with E-state index in [0.717, 1.165) is 6.54 Å². The van der Waals surface area contributed by atoms with E-state index in [1.807, 2.05) is 0 Å². The SMILES string of the molecule is CCN(c1ccc(-c2cc3ccccc3c3ccccc23)cc1)c1ccc(-n2c3ccccc3c3ccccc32)cc1. The zero-order valence-corrected chi connectivity index (χ0v) is 23.5. The predicted molar refractivity (Wildman–Crippen MR) is 180 cm³/mol. The highest BCUT2D eigenvalue weighted by molar-refractivity contribution is 6.14. The highest BCUT2D eigenvalue weighted by Crippen LogP contribution is 2.37. The lowest BCUT2D eigenvalue weighted by Crippen LogP contribution is -2.15. The summed E-state index contributed by atoms with van der Waals surface area (Å²) in [5, 5.41) is 7.73. The van der Waals surface area contributed by atoms with E-state index in [2.05, 4.69) is 168 Å². The molecule has 42 heavy (non-hydrogen) atoms. The lowest BCUT2D eigenvalue weighted by molar-refractivity contribution is 1.02. The van der Waals surface area contributed by atoms with Gasteiger partial charge in [-0.2, -0.15) is 0 Å². The summed E-state index contributed by atoms with van der Waals surface area (Å²) >= 11 is 0. The van der Waals surface area contributed by atoms with Crippen LogP contribution in [0.2, 0.25) is 0 Å². The standard InChI is InChI=1S/C40H30N2/c1-2-41(31-23-25-32(26-24-31)42-39-17-9-7-15-36(39)37-16-8-10-18-40(37)42)30-21-19-28(20-22-30)38-27-29-11-3-4-12-33(29)34-13-5-6-14-35(34)38/h3-27H,2H2,1H3. The van der Waals surface area contributed by atoms with Crippen LogP contribution >= 0.6 is 0 Å². The third-order valence-corrected chi connectivity index (χ3v) is 8.57. The van der Waals surface area contributed by atoms with Crippen molar-refractivity contribution in [2.75, 3.05) is 11.4 Å². The quantitative estimate of drug-likeness (QED) is 0.198. The van der Waals surface area contributed by atoms with Crippen LogP contribution in [0.25, 0.3) is 60.2 Å². The van der Waals surface area contributed by atoms with E-state index < -0.39 is 0 Å². The number of fused-ring (bicyclic) bond motifs is 6. The lowest BCUT2D eigenvalue weighted by Gasteiger charge is -2.24. The van der Waals surface area contributed by atoms with Crippen LogP contribution in [0.5, 0.6) is 0 Å². The van der Waals surface area contributed by atoms with Gasteiger partial charge in [0.15, 0.2) is 0 Å². The summed E-state index contributed by atoms with van der Waals surface area (Å²) in [6, 6.07) is 55.1. The molecule has 0 aliphatic rings. The van der Waals surface area contributed by atoms with Gasteiger partial charge in [-0.05, 0) is 94.2 Å². The molecule has 0 radical (unpaired) electrons. The number of benzene rings is 7. The summed E-state index contributed by atoms with van der Waals surface area (Å²) in [6.45, 7) is 3.10. The Morgan fingerprint density at radius 2 is 0.976 bits per heavy atom. The van der Waals surface area contributed by atoms with Crippen LogP contribution in [0.3, 0.4) is 0 Å². The van der Waals surface area contributed by atoms with E-state index >= 15 is 0 Å². The van der Waals surface area contributed by atoms with Gasteiger partial charge in [0, 0.05) is 34.4 Å². The van der Waals surface area contributed by atoms with Crippen LogP contribution in [0.15, 0.2) is 152 Å². The Bertz CT molecular complexity index is 2170. The molecule has 1 heterocycles. The Kier molecular flexibility index (Phi) is 5.79. The van der Waals surface area contributed by atoms with Crippen LogP contribution in [0.1, 0.15) is 6.92 Å². The highest BCUT2D eigenvalue weighted by atomic mass is 15.1. The van der Waals surface area contributed by atoms with E-state index in [9.17, 15) is 0 Å². The topological polar surface area (TPSA) is 8.17 Å². The number of hydrogen-bond donors (Lipinski definition) is 0. The number of rotatable bonds is 5. The molecule has 0 saturated carbocycles. The fourth-order valence-electron chi connectivity index (χ4n) is 6.61. The maximum atomic E-state index is 2.37. The second kappa shape index (κ2) is 9.94. The van der Waals surface area contributed by atoms with Crippen molar-refractivity contribution < 1.29 is 0 Å². The second-order valence-corrected chi connectivity index (χ2v) is 10.9. The molecule has 0 saturated heterocycles. The molecular weight excluding hydrogens is 508 g/mol. The molecule has 0 atom stereocenters. The minimum absolute atomic E-state index is 0.882. The van der Waals surface area contributed by atoms with Gasteiger partial charge >= 0.3 is 0 Å². The molecule has 0 spiro atoms. The minimum atomic E-state index is 0.882. The summed E-state index contributed by atoms with van der Waals surface area (Å²) in [5.74, 6) is 0. The molecule has 0 N–H and O–H groups in total. The van der Waals surface area contributed by atoms with E-state index in [1.165, 1.54) is 71.5 Å². The summed E-state index contributed by atoms with van der Waals surface area (Å²) < 4.78 is 2.37. The van der Waals surface area contributed by atoms with Crippen molar-refractivity contribution in [2.45, 2.75) is 6.92 Å². The average Bonchev–Trinajstić information content (AvgIpc) is 3.40. The number of nitrogens with zero attached hydrogens (tertiary/aromatic N) is 2. The fraction of sp³-hybridized carbons (Fsp3) is 0.0500. The first kappa shape index (κ1) is 24.5. The Morgan fingerprint density at radius 3 is 1.60 bits per heavy atom. The Labute approximate surface area is 245 Å². The van der Waals surface area contributed by atoms with Crippen molar-refractivity contribution in [1.29, 1.82) is 0 Å². The van der Waals surface area contributed by atoms with Crippen LogP contribution < -0.4 is 4.90 Å². The zero-order valence-electron chi connectivity index (χ0n) is 23.5. The average molecular weight is 539 g/mol. The van der Waals surface area contributed by atoms with Crippen LogP contribution in [0.4, 0.5) is 11.4 Å². The van der Waals surface area contributed by atoms with Crippen LogP contribution in [0, 0.1) is 0 Å². The molecule has 200 valence electrons. The molecule has 1 aromatic heterocycles. The van der Waals surface area contributed by atoms with Gasteiger partial charge in [-0.3, -0.25) is 0 Å². The van der Waals surface area contributed by atoms with Crippen LogP contribution in [-0.4, -0.2) is 11.1 Å². The molecule has 0 bridgehead atoms. The largest absolute Gasteiger partial charge is 0.342 e. The van der Waals surface area contributed by atoms with Gasteiger partial charge in [0.05, 0.1) is 11.0 Å². The third-order valence-electron chi connectivity index (χ3n) is 8.57. The number of anilines is 2. The van der Waals surface area contributed by atoms with Crippen molar-refractivity contribution >= 4 is 54.7 Å². The first-order valence-corrected chi connectivity index (χ1v) is 14.7. The maximum Gasteiger partial charge on any atom is 0.0541 e. The molecule has 8 rings (SSSR count). The van der Waals surface area contributed by atoms with Gasteiger partial charge in [-0.1, -0.05) is 97.1 Å². The van der Waals surface area contributed by atoms with Gasteiger partial charge in [0.25, 0.3) is 0 Å². The van der Waals surface area contributed by atoms with Crippen molar-refractivity contribution in [1.82, 2.24) is 4.57 Å². The van der Waals surface area contributed by atoms with Gasteiger partial charge < -0.3 is 9.47 Å². The number of aromatic nitrogens is 1. The van der Waals surface area contributed by atoms with E-state index in [0.29, 0.717) is 0 Å². The molecule has 0 fully saturated rings. The van der Waals surface area contributed by atoms with Gasteiger partial charge in [0.1, 0.15) is 0 Å². The Hall–Kier alpha value is -5.34. The number of hydrogen-bond acceptors (Lipinski definition) is 1. The predicted octanol–water partition coefficient (Wildman–Crippen LogP) is 10.9. The Balaban J connectivity index is 1.15. The van der Waals surface area contributed by atoms with Crippen molar-refractivity contribution in [3.8, 4) is 16.8 Å². The second-order valence-electron chi connectivity index (χ2n) is 10.9. The molecule has 8 aromatic rings. The smallest absolute Gasteiger partial charge is 0.0541 e. The molecule has 2 heteroatoms. The molecule has 0 aliphatic heterocycles. The van der Waals surface area contributed by atoms with Crippen molar-refractivity contribution in [3.05, 3.63) is 152 Å². The molecule has 0 aliphatic carbocycles. The zero-order chi connectivity index (χ0) is 28.0. The molecule has 7 aromatic carbocycles. The fourth-order valence-corrected chi connectivity index (χ4v) is 6.61. The monoisotopic (exact) mass is 538 g/mol. The molecule has 2 nitrogen and oxygen atoms in total. The molecular formula is C40H30N2.